The van der Waals surface area contributed by atoms with Crippen LogP contribution in [0.5, 0.6) is 0 Å². The molecule has 0 saturated heterocycles. The molecule has 2 aromatic rings. The van der Waals surface area contributed by atoms with Gasteiger partial charge in [0.2, 0.25) is 0 Å². The zero-order valence-electron chi connectivity index (χ0n) is 9.72. The summed E-state index contributed by atoms with van der Waals surface area (Å²) in [4.78, 5) is 3.59. The van der Waals surface area contributed by atoms with Crippen LogP contribution in [0.25, 0.3) is 11.3 Å². The summed E-state index contributed by atoms with van der Waals surface area (Å²) in [6, 6.07) is 10.9. The highest BCUT2D eigenvalue weighted by molar-refractivity contribution is 5.65. The Kier molecular flexibility index (Phi) is 2.32. The summed E-state index contributed by atoms with van der Waals surface area (Å²) in [5.41, 5.74) is 6.98. The van der Waals surface area contributed by atoms with Crippen molar-refractivity contribution in [1.29, 1.82) is 0 Å². The molecule has 82 valence electrons. The first-order chi connectivity index (χ1) is 7.84. The fraction of sp³-hybridized carbons (Fsp3) is 0.333. The third kappa shape index (κ3) is 1.57. The molecule has 0 amide bonds. The summed E-state index contributed by atoms with van der Waals surface area (Å²) < 4.78 is 0. The van der Waals surface area contributed by atoms with Gasteiger partial charge in [-0.1, -0.05) is 24.3 Å². The van der Waals surface area contributed by atoms with E-state index in [-0.39, 0.29) is 0 Å². The predicted octanol–water partition coefficient (Wildman–Crippen LogP) is 3.87. The van der Waals surface area contributed by atoms with Gasteiger partial charge < -0.3 is 4.98 Å². The molecular weight excluding hydrogens is 194 g/mol. The van der Waals surface area contributed by atoms with Gasteiger partial charge in [-0.25, -0.2) is 0 Å². The number of hydrogen-bond acceptors (Lipinski definition) is 0. The van der Waals surface area contributed by atoms with E-state index >= 15 is 0 Å². The molecule has 1 aromatic heterocycles. The SMILES string of the molecule is Cc1ccccc1-c1cc2c([nH]1)CCCC2. The molecule has 1 aliphatic rings. The van der Waals surface area contributed by atoms with E-state index in [4.69, 9.17) is 0 Å². The molecule has 0 radical (unpaired) electrons. The second kappa shape index (κ2) is 3.82. The van der Waals surface area contributed by atoms with E-state index in [0.29, 0.717) is 0 Å². The van der Waals surface area contributed by atoms with Crippen LogP contribution in [0.15, 0.2) is 30.3 Å². The van der Waals surface area contributed by atoms with Crippen LogP contribution in [-0.2, 0) is 12.8 Å². The largest absolute Gasteiger partial charge is 0.358 e. The standard InChI is InChI=1S/C15H17N/c1-11-6-2-4-8-13(11)15-10-12-7-3-5-9-14(12)16-15/h2,4,6,8,10,16H,3,5,7,9H2,1H3. The molecule has 0 fully saturated rings. The zero-order valence-corrected chi connectivity index (χ0v) is 9.72. The first-order valence-electron chi connectivity index (χ1n) is 6.11. The maximum absolute atomic E-state index is 3.59. The summed E-state index contributed by atoms with van der Waals surface area (Å²) in [5, 5.41) is 0. The van der Waals surface area contributed by atoms with E-state index in [1.54, 1.807) is 0 Å². The van der Waals surface area contributed by atoms with Crippen molar-refractivity contribution in [2.24, 2.45) is 0 Å². The molecule has 16 heavy (non-hydrogen) atoms. The van der Waals surface area contributed by atoms with Crippen LogP contribution >= 0.6 is 0 Å². The molecule has 1 heterocycles. The number of nitrogens with one attached hydrogen (secondary N) is 1. The number of benzene rings is 1. The number of aromatic amines is 1. The molecule has 1 heteroatoms. The van der Waals surface area contributed by atoms with Crippen molar-refractivity contribution in [3.05, 3.63) is 47.2 Å². The van der Waals surface area contributed by atoms with Crippen molar-refractivity contribution in [3.63, 3.8) is 0 Å². The van der Waals surface area contributed by atoms with Crippen LogP contribution in [0.4, 0.5) is 0 Å². The second-order valence-corrected chi connectivity index (χ2v) is 4.71. The van der Waals surface area contributed by atoms with E-state index in [9.17, 15) is 0 Å². The fourth-order valence-electron chi connectivity index (χ4n) is 2.62. The smallest absolute Gasteiger partial charge is 0.0461 e. The number of rotatable bonds is 1. The van der Waals surface area contributed by atoms with E-state index in [2.05, 4.69) is 42.2 Å². The summed E-state index contributed by atoms with van der Waals surface area (Å²) in [6.45, 7) is 2.18. The van der Waals surface area contributed by atoms with Crippen molar-refractivity contribution in [3.8, 4) is 11.3 Å². The lowest BCUT2D eigenvalue weighted by molar-refractivity contribution is 0.677. The summed E-state index contributed by atoms with van der Waals surface area (Å²) in [6.07, 6.45) is 5.15. The Hall–Kier alpha value is -1.50. The monoisotopic (exact) mass is 211 g/mol. The number of hydrogen-bond donors (Lipinski definition) is 1. The van der Waals surface area contributed by atoms with Gasteiger partial charge in [0.05, 0.1) is 0 Å². The Morgan fingerprint density at radius 3 is 2.69 bits per heavy atom. The average Bonchev–Trinajstić information content (AvgIpc) is 2.73. The first-order valence-corrected chi connectivity index (χ1v) is 6.11. The topological polar surface area (TPSA) is 15.8 Å². The average molecular weight is 211 g/mol. The first kappa shape index (κ1) is 9.71. The molecule has 0 saturated carbocycles. The number of aromatic nitrogens is 1. The van der Waals surface area contributed by atoms with Gasteiger partial charge >= 0.3 is 0 Å². The highest BCUT2D eigenvalue weighted by Gasteiger charge is 2.13. The minimum absolute atomic E-state index is 1.22. The van der Waals surface area contributed by atoms with Gasteiger partial charge in [0.15, 0.2) is 0 Å². The van der Waals surface area contributed by atoms with E-state index in [1.807, 2.05) is 0 Å². The summed E-state index contributed by atoms with van der Waals surface area (Å²) >= 11 is 0. The van der Waals surface area contributed by atoms with Gasteiger partial charge in [-0.15, -0.1) is 0 Å². The summed E-state index contributed by atoms with van der Waals surface area (Å²) in [7, 11) is 0. The molecule has 0 atom stereocenters. The molecule has 1 N–H and O–H groups in total. The van der Waals surface area contributed by atoms with Gasteiger partial charge in [0.1, 0.15) is 0 Å². The maximum Gasteiger partial charge on any atom is 0.0461 e. The Morgan fingerprint density at radius 1 is 1.06 bits per heavy atom. The van der Waals surface area contributed by atoms with Crippen LogP contribution in [0.1, 0.15) is 29.7 Å². The normalized spacial score (nSPS) is 14.8. The highest BCUT2D eigenvalue weighted by Crippen LogP contribution is 2.28. The quantitative estimate of drug-likeness (QED) is 0.737. The number of aryl methyl sites for hydroxylation is 3. The fourth-order valence-corrected chi connectivity index (χ4v) is 2.62. The Labute approximate surface area is 96.5 Å². The lowest BCUT2D eigenvalue weighted by Crippen LogP contribution is -1.99. The van der Waals surface area contributed by atoms with Crippen LogP contribution in [0.3, 0.4) is 0 Å². The molecule has 0 aliphatic heterocycles. The molecule has 0 spiro atoms. The van der Waals surface area contributed by atoms with Crippen LogP contribution in [-0.4, -0.2) is 4.98 Å². The van der Waals surface area contributed by atoms with Crippen molar-refractivity contribution >= 4 is 0 Å². The van der Waals surface area contributed by atoms with Crippen molar-refractivity contribution < 1.29 is 0 Å². The maximum atomic E-state index is 3.59. The van der Waals surface area contributed by atoms with Crippen molar-refractivity contribution in [2.45, 2.75) is 32.6 Å². The van der Waals surface area contributed by atoms with E-state index in [0.717, 1.165) is 0 Å². The van der Waals surface area contributed by atoms with Crippen LogP contribution in [0.2, 0.25) is 0 Å². The Morgan fingerprint density at radius 2 is 1.88 bits per heavy atom. The summed E-state index contributed by atoms with van der Waals surface area (Å²) in [5.74, 6) is 0. The lowest BCUT2D eigenvalue weighted by atomic mass is 9.98. The molecule has 3 rings (SSSR count). The minimum atomic E-state index is 1.22. The zero-order chi connectivity index (χ0) is 11.0. The molecule has 0 bridgehead atoms. The van der Waals surface area contributed by atoms with Gasteiger partial charge in [0.25, 0.3) is 0 Å². The van der Waals surface area contributed by atoms with E-state index in [1.165, 1.54) is 53.8 Å². The van der Waals surface area contributed by atoms with Gasteiger partial charge in [-0.2, -0.15) is 0 Å². The molecule has 1 aromatic carbocycles. The van der Waals surface area contributed by atoms with E-state index < -0.39 is 0 Å². The molecular formula is C15H17N. The Balaban J connectivity index is 2.07. The predicted molar refractivity (Wildman–Crippen MR) is 67.6 cm³/mol. The molecule has 1 nitrogen and oxygen atoms in total. The number of H-pyrrole nitrogens is 1. The van der Waals surface area contributed by atoms with Crippen molar-refractivity contribution in [1.82, 2.24) is 4.98 Å². The van der Waals surface area contributed by atoms with Gasteiger partial charge in [-0.05, 0) is 49.8 Å². The Bertz CT molecular complexity index is 484. The number of fused-ring (bicyclic) bond motifs is 1. The third-order valence-corrected chi connectivity index (χ3v) is 3.55. The highest BCUT2D eigenvalue weighted by atomic mass is 14.7. The van der Waals surface area contributed by atoms with Crippen molar-refractivity contribution in [2.75, 3.05) is 0 Å². The van der Waals surface area contributed by atoms with Crippen LogP contribution in [0, 0.1) is 6.92 Å². The second-order valence-electron chi connectivity index (χ2n) is 4.71. The minimum Gasteiger partial charge on any atom is -0.358 e. The lowest BCUT2D eigenvalue weighted by Gasteiger charge is -2.09. The van der Waals surface area contributed by atoms with Gasteiger partial charge in [0, 0.05) is 17.0 Å². The third-order valence-electron chi connectivity index (χ3n) is 3.55. The molecule has 1 aliphatic carbocycles. The van der Waals surface area contributed by atoms with Gasteiger partial charge in [-0.3, -0.25) is 0 Å². The van der Waals surface area contributed by atoms with Crippen LogP contribution < -0.4 is 0 Å². The molecule has 0 unspecified atom stereocenters.